The second-order valence-corrected chi connectivity index (χ2v) is 3.02. The van der Waals surface area contributed by atoms with Gasteiger partial charge in [0.25, 0.3) is 0 Å². The number of esters is 2. The Labute approximate surface area is 84.8 Å². The third kappa shape index (κ3) is 1.46. The molecule has 2 rings (SSSR count). The number of imidazole rings is 1. The quantitative estimate of drug-likeness (QED) is 0.484. The van der Waals surface area contributed by atoms with Crippen LogP contribution in [0.4, 0.5) is 0 Å². The average molecular weight is 211 g/mol. The number of ether oxygens (including phenoxy) is 2. The van der Waals surface area contributed by atoms with Crippen LogP contribution in [-0.4, -0.2) is 28.0 Å². The molecule has 0 aromatic carbocycles. The predicted molar refractivity (Wildman–Crippen MR) is 47.2 cm³/mol. The highest BCUT2D eigenvalue weighted by molar-refractivity contribution is 6.31. The molecule has 0 atom stereocenters. The van der Waals surface area contributed by atoms with E-state index < -0.39 is 11.9 Å². The standard InChI is InChI=1S/C8H9N3O4/c1-11-4(2-3-9)5-10-8(11)15-7(13)6(12)14-5/h2-3,9H2,1H3. The van der Waals surface area contributed by atoms with Gasteiger partial charge in [0.05, 0.1) is 5.69 Å². The average Bonchev–Trinajstić information content (AvgIpc) is 2.39. The number of carbonyl (C=O) groups is 2. The number of nitrogens with two attached hydrogens (primary N) is 1. The summed E-state index contributed by atoms with van der Waals surface area (Å²) >= 11 is 0. The highest BCUT2D eigenvalue weighted by Crippen LogP contribution is 2.26. The van der Waals surface area contributed by atoms with Crippen molar-refractivity contribution in [2.75, 3.05) is 6.54 Å². The molecule has 1 aromatic heterocycles. The molecule has 0 amide bonds. The van der Waals surface area contributed by atoms with Crippen molar-refractivity contribution in [3.05, 3.63) is 5.69 Å². The Bertz CT molecular complexity index is 437. The van der Waals surface area contributed by atoms with Crippen LogP contribution in [0.1, 0.15) is 5.69 Å². The summed E-state index contributed by atoms with van der Waals surface area (Å²) in [4.78, 5) is 25.8. The fourth-order valence-corrected chi connectivity index (χ4v) is 1.32. The minimum absolute atomic E-state index is 0.0456. The van der Waals surface area contributed by atoms with Crippen LogP contribution < -0.4 is 15.2 Å². The molecule has 2 heterocycles. The monoisotopic (exact) mass is 211 g/mol. The van der Waals surface area contributed by atoms with Crippen LogP contribution in [0.15, 0.2) is 0 Å². The first-order valence-electron chi connectivity index (χ1n) is 4.33. The van der Waals surface area contributed by atoms with Gasteiger partial charge in [-0.1, -0.05) is 0 Å². The first kappa shape index (κ1) is 9.66. The molecule has 1 aromatic rings. The first-order valence-corrected chi connectivity index (χ1v) is 4.33. The minimum Gasteiger partial charge on any atom is -0.397 e. The van der Waals surface area contributed by atoms with E-state index in [0.717, 1.165) is 0 Å². The van der Waals surface area contributed by atoms with Crippen molar-refractivity contribution >= 4 is 11.9 Å². The molecule has 0 unspecified atom stereocenters. The Hall–Kier alpha value is -1.89. The molecule has 0 saturated carbocycles. The van der Waals surface area contributed by atoms with Gasteiger partial charge in [0.2, 0.25) is 5.88 Å². The highest BCUT2D eigenvalue weighted by atomic mass is 16.6. The number of hydrogen-bond donors (Lipinski definition) is 1. The number of rotatable bonds is 2. The van der Waals surface area contributed by atoms with Crippen molar-refractivity contribution in [2.45, 2.75) is 6.42 Å². The van der Waals surface area contributed by atoms with E-state index in [1.807, 2.05) is 0 Å². The van der Waals surface area contributed by atoms with E-state index in [0.29, 0.717) is 18.7 Å². The molecule has 1 aliphatic rings. The van der Waals surface area contributed by atoms with Crippen LogP contribution in [0.5, 0.6) is 11.9 Å². The van der Waals surface area contributed by atoms with Gasteiger partial charge in [-0.25, -0.2) is 9.59 Å². The van der Waals surface area contributed by atoms with E-state index in [1.54, 1.807) is 7.05 Å². The van der Waals surface area contributed by atoms with Crippen molar-refractivity contribution in [1.82, 2.24) is 9.55 Å². The smallest absolute Gasteiger partial charge is 0.397 e. The predicted octanol–water partition coefficient (Wildman–Crippen LogP) is -1.25. The molecule has 0 saturated heterocycles. The topological polar surface area (TPSA) is 96.4 Å². The van der Waals surface area contributed by atoms with E-state index in [2.05, 4.69) is 9.72 Å². The van der Waals surface area contributed by atoms with E-state index in [1.165, 1.54) is 4.57 Å². The van der Waals surface area contributed by atoms with E-state index in [9.17, 15) is 9.59 Å². The summed E-state index contributed by atoms with van der Waals surface area (Å²) in [6.07, 6.45) is 0.490. The molecule has 2 N–H and O–H groups in total. The number of aromatic nitrogens is 2. The second-order valence-electron chi connectivity index (χ2n) is 3.02. The van der Waals surface area contributed by atoms with Crippen LogP contribution in [0, 0.1) is 0 Å². The van der Waals surface area contributed by atoms with Crippen LogP contribution >= 0.6 is 0 Å². The Kier molecular flexibility index (Phi) is 2.16. The first-order chi connectivity index (χ1) is 7.13. The molecule has 15 heavy (non-hydrogen) atoms. The Morgan fingerprint density at radius 1 is 1.33 bits per heavy atom. The van der Waals surface area contributed by atoms with Crippen molar-refractivity contribution in [2.24, 2.45) is 12.8 Å². The van der Waals surface area contributed by atoms with Gasteiger partial charge in [-0.15, -0.1) is 0 Å². The zero-order chi connectivity index (χ0) is 11.0. The third-order valence-corrected chi connectivity index (χ3v) is 2.06. The molecule has 1 aliphatic heterocycles. The molecule has 80 valence electrons. The van der Waals surface area contributed by atoms with Gasteiger partial charge >= 0.3 is 17.9 Å². The van der Waals surface area contributed by atoms with Crippen molar-refractivity contribution in [3.8, 4) is 11.9 Å². The number of nitrogens with zero attached hydrogens (tertiary/aromatic N) is 2. The molecule has 2 bridgehead atoms. The van der Waals surface area contributed by atoms with E-state index in [4.69, 9.17) is 10.5 Å². The Morgan fingerprint density at radius 3 is 2.67 bits per heavy atom. The van der Waals surface area contributed by atoms with Gasteiger partial charge in [0.15, 0.2) is 0 Å². The lowest BCUT2D eigenvalue weighted by molar-refractivity contribution is -0.156. The largest absolute Gasteiger partial charge is 0.425 e. The normalized spacial score (nSPS) is 14.5. The highest BCUT2D eigenvalue weighted by Gasteiger charge is 2.30. The lowest BCUT2D eigenvalue weighted by Gasteiger charge is -2.07. The number of hydrogen-bond acceptors (Lipinski definition) is 6. The molecule has 7 nitrogen and oxygen atoms in total. The summed E-state index contributed by atoms with van der Waals surface area (Å²) in [7, 11) is 1.66. The van der Waals surface area contributed by atoms with Crippen molar-refractivity contribution < 1.29 is 19.1 Å². The molecular weight excluding hydrogens is 202 g/mol. The summed E-state index contributed by atoms with van der Waals surface area (Å²) in [5.41, 5.74) is 6.03. The fourth-order valence-electron chi connectivity index (χ4n) is 1.32. The lowest BCUT2D eigenvalue weighted by atomic mass is 10.3. The summed E-state index contributed by atoms with van der Waals surface area (Å²) in [6, 6.07) is 0.0456. The number of carbonyl (C=O) groups excluding carboxylic acids is 2. The van der Waals surface area contributed by atoms with Gasteiger partial charge in [-0.05, 0) is 6.54 Å². The zero-order valence-corrected chi connectivity index (χ0v) is 8.02. The van der Waals surface area contributed by atoms with Crippen LogP contribution in [0.3, 0.4) is 0 Å². The Balaban J connectivity index is 2.46. The van der Waals surface area contributed by atoms with Crippen LogP contribution in [0.2, 0.25) is 0 Å². The van der Waals surface area contributed by atoms with Gasteiger partial charge < -0.3 is 15.2 Å². The maximum absolute atomic E-state index is 11.0. The summed E-state index contributed by atoms with van der Waals surface area (Å²) in [5.74, 6) is -2.04. The van der Waals surface area contributed by atoms with Gasteiger partial charge in [-0.3, -0.25) is 4.57 Å². The van der Waals surface area contributed by atoms with Crippen molar-refractivity contribution in [1.29, 1.82) is 0 Å². The van der Waals surface area contributed by atoms with Gasteiger partial charge in [0.1, 0.15) is 0 Å². The summed E-state index contributed by atoms with van der Waals surface area (Å²) in [6.45, 7) is 0.386. The third-order valence-electron chi connectivity index (χ3n) is 2.06. The van der Waals surface area contributed by atoms with Gasteiger partial charge in [0, 0.05) is 13.5 Å². The van der Waals surface area contributed by atoms with Crippen molar-refractivity contribution in [3.63, 3.8) is 0 Å². The van der Waals surface area contributed by atoms with Crippen LogP contribution in [-0.2, 0) is 23.1 Å². The fraction of sp³-hybridized carbons (Fsp3) is 0.375. The van der Waals surface area contributed by atoms with E-state index in [-0.39, 0.29) is 11.9 Å². The molecule has 0 fully saturated rings. The zero-order valence-electron chi connectivity index (χ0n) is 8.02. The molecule has 0 spiro atoms. The maximum Gasteiger partial charge on any atom is 0.425 e. The minimum atomic E-state index is -1.07. The SMILES string of the molecule is Cn1c2nc(c1CCN)OC(=O)C(=O)O2. The number of fused-ring (bicyclic) bond motifs is 2. The summed E-state index contributed by atoms with van der Waals surface area (Å²) < 4.78 is 10.9. The van der Waals surface area contributed by atoms with E-state index >= 15 is 0 Å². The molecular formula is C8H9N3O4. The second kappa shape index (κ2) is 3.35. The summed E-state index contributed by atoms with van der Waals surface area (Å²) in [5, 5.41) is 0. The van der Waals surface area contributed by atoms with Crippen LogP contribution in [0.25, 0.3) is 0 Å². The maximum atomic E-state index is 11.0. The molecule has 0 radical (unpaired) electrons. The van der Waals surface area contributed by atoms with Gasteiger partial charge in [-0.2, -0.15) is 4.98 Å². The molecule has 0 aliphatic carbocycles. The molecule has 7 heteroatoms. The lowest BCUT2D eigenvalue weighted by Crippen LogP contribution is -2.27. The Morgan fingerprint density at radius 2 is 2.00 bits per heavy atom.